The lowest BCUT2D eigenvalue weighted by atomic mass is 10.1. The Labute approximate surface area is 133 Å². The second kappa shape index (κ2) is 16.2. The Morgan fingerprint density at radius 1 is 0.864 bits per heavy atom. The van der Waals surface area contributed by atoms with Gasteiger partial charge in [0.2, 0.25) is 5.91 Å². The van der Waals surface area contributed by atoms with Crippen LogP contribution in [0.25, 0.3) is 0 Å². The maximum absolute atomic E-state index is 11.4. The molecule has 0 bridgehead atoms. The zero-order valence-corrected chi connectivity index (χ0v) is 13.8. The first-order valence-corrected chi connectivity index (χ1v) is 8.46. The minimum absolute atomic E-state index is 0.167. The summed E-state index contributed by atoms with van der Waals surface area (Å²) in [6, 6.07) is 0. The summed E-state index contributed by atoms with van der Waals surface area (Å²) in [5.41, 5.74) is 2.25. The van der Waals surface area contributed by atoms with E-state index in [0.29, 0.717) is 25.9 Å². The van der Waals surface area contributed by atoms with Crippen LogP contribution in [0.3, 0.4) is 0 Å². The highest BCUT2D eigenvalue weighted by Gasteiger charge is 2.02. The average Bonchev–Trinajstić information content (AvgIpc) is 2.48. The normalized spacial score (nSPS) is 10.6. The molecule has 130 valence electrons. The predicted octanol–water partition coefficient (Wildman–Crippen LogP) is 3.75. The second-order valence-corrected chi connectivity index (χ2v) is 5.51. The summed E-state index contributed by atoms with van der Waals surface area (Å²) in [6.07, 6.45) is 10.9. The number of carboxylic acid groups (broad SMARTS) is 1. The predicted molar refractivity (Wildman–Crippen MR) is 83.9 cm³/mol. The quantitative estimate of drug-likeness (QED) is 0.257. The van der Waals surface area contributed by atoms with Crippen molar-refractivity contribution in [2.24, 2.45) is 0 Å². The Hall–Kier alpha value is -1.14. The molecule has 1 amide bonds. The molecule has 2 N–H and O–H groups in total. The number of carbonyl (C=O) groups is 2. The molecule has 0 rings (SSSR count). The van der Waals surface area contributed by atoms with Gasteiger partial charge in [0, 0.05) is 12.8 Å². The lowest BCUT2D eigenvalue weighted by molar-refractivity contribution is -0.329. The topological polar surface area (TPSA) is 84.9 Å². The van der Waals surface area contributed by atoms with Crippen LogP contribution >= 0.6 is 0 Å². The molecule has 0 aliphatic carbocycles. The van der Waals surface area contributed by atoms with Crippen molar-refractivity contribution in [1.29, 1.82) is 0 Å². The van der Waals surface area contributed by atoms with E-state index < -0.39 is 5.97 Å². The number of hydrogen-bond donors (Lipinski definition) is 2. The van der Waals surface area contributed by atoms with Crippen molar-refractivity contribution < 1.29 is 24.6 Å². The molecule has 0 aromatic carbocycles. The van der Waals surface area contributed by atoms with E-state index in [1.54, 1.807) is 0 Å². The lowest BCUT2D eigenvalue weighted by Crippen LogP contribution is -2.23. The van der Waals surface area contributed by atoms with Gasteiger partial charge < -0.3 is 5.11 Å². The van der Waals surface area contributed by atoms with Gasteiger partial charge in [-0.1, -0.05) is 51.9 Å². The molecule has 0 aromatic rings. The fraction of sp³-hybridized carbons (Fsp3) is 0.875. The average molecular weight is 317 g/mol. The molecule has 0 aliphatic heterocycles. The van der Waals surface area contributed by atoms with Gasteiger partial charge in [0.1, 0.15) is 0 Å². The first kappa shape index (κ1) is 20.9. The molecule has 0 spiro atoms. The van der Waals surface area contributed by atoms with Crippen molar-refractivity contribution in [3.8, 4) is 0 Å². The van der Waals surface area contributed by atoms with Crippen LogP contribution < -0.4 is 5.48 Å². The van der Waals surface area contributed by atoms with E-state index in [0.717, 1.165) is 19.3 Å². The van der Waals surface area contributed by atoms with E-state index in [1.165, 1.54) is 32.1 Å². The summed E-state index contributed by atoms with van der Waals surface area (Å²) in [5, 5.41) is 8.45. The van der Waals surface area contributed by atoms with Gasteiger partial charge in [-0.2, -0.15) is 0 Å². The van der Waals surface area contributed by atoms with Crippen molar-refractivity contribution in [3.05, 3.63) is 0 Å². The molecular formula is C16H31NO5. The highest BCUT2D eigenvalue weighted by Crippen LogP contribution is 2.08. The number of carboxylic acids is 1. The first-order valence-electron chi connectivity index (χ1n) is 8.46. The summed E-state index contributed by atoms with van der Waals surface area (Å²) in [6.45, 7) is 2.54. The Balaban J connectivity index is 3.17. The third-order valence-electron chi connectivity index (χ3n) is 3.34. The largest absolute Gasteiger partial charge is 0.481 e. The molecule has 0 atom stereocenters. The van der Waals surface area contributed by atoms with E-state index in [1.807, 2.05) is 0 Å². The number of hydrogen-bond acceptors (Lipinski definition) is 4. The smallest absolute Gasteiger partial charge is 0.303 e. The first-order chi connectivity index (χ1) is 10.7. The standard InChI is InChI=1S/C16H31NO5/c1-2-3-4-5-6-7-9-12-15(18)17-22-21-14-11-8-10-13-16(19)20/h2-14H2,1H3,(H,17,18)(H,19,20). The fourth-order valence-electron chi connectivity index (χ4n) is 2.03. The molecule has 0 unspecified atom stereocenters. The zero-order valence-electron chi connectivity index (χ0n) is 13.8. The number of carbonyl (C=O) groups excluding carboxylic acids is 1. The van der Waals surface area contributed by atoms with Gasteiger partial charge in [0.15, 0.2) is 0 Å². The van der Waals surface area contributed by atoms with Crippen LogP contribution in [0, 0.1) is 0 Å². The molecule has 0 aliphatic rings. The summed E-state index contributed by atoms with van der Waals surface area (Å²) < 4.78 is 0. The third kappa shape index (κ3) is 16.9. The molecule has 22 heavy (non-hydrogen) atoms. The Morgan fingerprint density at radius 3 is 2.14 bits per heavy atom. The van der Waals surface area contributed by atoms with Gasteiger partial charge in [-0.05, 0) is 19.3 Å². The minimum atomic E-state index is -0.783. The van der Waals surface area contributed by atoms with Gasteiger partial charge in [-0.3, -0.25) is 9.59 Å². The molecule has 6 heteroatoms. The molecule has 0 aromatic heterocycles. The summed E-state index contributed by atoms with van der Waals surface area (Å²) >= 11 is 0. The van der Waals surface area contributed by atoms with Crippen LogP contribution in [-0.4, -0.2) is 23.6 Å². The summed E-state index contributed by atoms with van der Waals surface area (Å²) in [5.74, 6) is -0.950. The highest BCUT2D eigenvalue weighted by atomic mass is 17.3. The monoisotopic (exact) mass is 317 g/mol. The Morgan fingerprint density at radius 2 is 1.45 bits per heavy atom. The molecule has 0 heterocycles. The molecule has 0 radical (unpaired) electrons. The number of rotatable bonds is 16. The van der Waals surface area contributed by atoms with E-state index in [9.17, 15) is 9.59 Å². The van der Waals surface area contributed by atoms with Gasteiger partial charge in [0.05, 0.1) is 6.61 Å². The highest BCUT2D eigenvalue weighted by molar-refractivity contribution is 5.74. The molecular weight excluding hydrogens is 286 g/mol. The number of aliphatic carboxylic acids is 1. The lowest BCUT2D eigenvalue weighted by Gasteiger charge is -2.05. The maximum Gasteiger partial charge on any atom is 0.303 e. The fourth-order valence-corrected chi connectivity index (χ4v) is 2.03. The molecule has 0 saturated carbocycles. The van der Waals surface area contributed by atoms with Crippen LogP contribution in [0.15, 0.2) is 0 Å². The SMILES string of the molecule is CCCCCCCCCC(=O)NOOCCCCCC(=O)O. The van der Waals surface area contributed by atoms with Crippen LogP contribution in [0.5, 0.6) is 0 Å². The third-order valence-corrected chi connectivity index (χ3v) is 3.34. The van der Waals surface area contributed by atoms with Gasteiger partial charge in [-0.15, -0.1) is 4.99 Å². The van der Waals surface area contributed by atoms with Crippen LogP contribution in [0.1, 0.15) is 84.0 Å². The van der Waals surface area contributed by atoms with E-state index in [2.05, 4.69) is 17.4 Å². The molecule has 0 fully saturated rings. The van der Waals surface area contributed by atoms with E-state index in [4.69, 9.17) is 9.99 Å². The van der Waals surface area contributed by atoms with Crippen molar-refractivity contribution in [2.45, 2.75) is 84.0 Å². The Bertz CT molecular complexity index is 284. The maximum atomic E-state index is 11.4. The summed E-state index contributed by atoms with van der Waals surface area (Å²) in [4.78, 5) is 31.1. The van der Waals surface area contributed by atoms with Crippen LogP contribution in [-0.2, 0) is 19.5 Å². The van der Waals surface area contributed by atoms with E-state index >= 15 is 0 Å². The van der Waals surface area contributed by atoms with Crippen LogP contribution in [0.4, 0.5) is 0 Å². The van der Waals surface area contributed by atoms with E-state index in [-0.39, 0.29) is 12.3 Å². The van der Waals surface area contributed by atoms with Crippen molar-refractivity contribution in [1.82, 2.24) is 5.48 Å². The number of hydroxylamine groups is 1. The van der Waals surface area contributed by atoms with Crippen molar-refractivity contribution in [2.75, 3.05) is 6.61 Å². The van der Waals surface area contributed by atoms with Gasteiger partial charge in [0.25, 0.3) is 0 Å². The number of unbranched alkanes of at least 4 members (excludes halogenated alkanes) is 8. The van der Waals surface area contributed by atoms with Crippen molar-refractivity contribution in [3.63, 3.8) is 0 Å². The summed E-state index contributed by atoms with van der Waals surface area (Å²) in [7, 11) is 0. The van der Waals surface area contributed by atoms with Crippen LogP contribution in [0.2, 0.25) is 0 Å². The zero-order chi connectivity index (χ0) is 16.5. The number of amides is 1. The van der Waals surface area contributed by atoms with Crippen molar-refractivity contribution >= 4 is 11.9 Å². The second-order valence-electron chi connectivity index (χ2n) is 5.51. The Kier molecular flexibility index (Phi) is 15.4. The molecule has 0 saturated heterocycles. The van der Waals surface area contributed by atoms with Gasteiger partial charge in [-0.25, -0.2) is 10.4 Å². The van der Waals surface area contributed by atoms with Gasteiger partial charge >= 0.3 is 5.97 Å². The molecule has 6 nitrogen and oxygen atoms in total. The minimum Gasteiger partial charge on any atom is -0.481 e. The number of nitrogens with one attached hydrogen (secondary N) is 1.